The first kappa shape index (κ1) is 27.5. The van der Waals surface area contributed by atoms with Crippen LogP contribution < -0.4 is 9.64 Å². The van der Waals surface area contributed by atoms with Gasteiger partial charge in [-0.25, -0.2) is 4.39 Å². The minimum atomic E-state index is -0.521. The summed E-state index contributed by atoms with van der Waals surface area (Å²) in [6.07, 6.45) is -0.521. The fourth-order valence-corrected chi connectivity index (χ4v) is 3.64. The molecule has 8 heteroatoms. The van der Waals surface area contributed by atoms with Gasteiger partial charge in [0.1, 0.15) is 18.2 Å². The topological polar surface area (TPSA) is 45.2 Å². The smallest absolute Gasteiger partial charge is 0.125 e. The number of rotatable bonds is 9. The highest BCUT2D eigenvalue weighted by Crippen LogP contribution is 2.22. The molecule has 0 saturated carbocycles. The molecule has 2 aromatic carbocycles. The SMILES string of the molecule is Cc1cccc(C)c1OCCOCC(O)CN1CCN(c2ccc(F)cc2)CC1.Cl.Cl. The summed E-state index contributed by atoms with van der Waals surface area (Å²) in [5, 5.41) is 10.3. The van der Waals surface area contributed by atoms with E-state index in [-0.39, 0.29) is 30.6 Å². The van der Waals surface area contributed by atoms with Gasteiger partial charge in [-0.05, 0) is 49.2 Å². The lowest BCUT2D eigenvalue weighted by molar-refractivity contribution is 0.00707. The third kappa shape index (κ3) is 8.47. The predicted molar refractivity (Wildman–Crippen MR) is 128 cm³/mol. The Labute approximate surface area is 197 Å². The zero-order valence-corrected chi connectivity index (χ0v) is 19.8. The van der Waals surface area contributed by atoms with Gasteiger partial charge in [0.25, 0.3) is 0 Å². The molecule has 5 nitrogen and oxygen atoms in total. The van der Waals surface area contributed by atoms with Crippen LogP contribution in [0.3, 0.4) is 0 Å². The lowest BCUT2D eigenvalue weighted by Gasteiger charge is -2.36. The van der Waals surface area contributed by atoms with E-state index in [1.54, 1.807) is 0 Å². The molecule has 31 heavy (non-hydrogen) atoms. The number of para-hydroxylation sites is 1. The van der Waals surface area contributed by atoms with Crippen LogP contribution in [0.2, 0.25) is 0 Å². The number of hydrogen-bond acceptors (Lipinski definition) is 5. The first-order valence-corrected chi connectivity index (χ1v) is 10.2. The van der Waals surface area contributed by atoms with Gasteiger partial charge >= 0.3 is 0 Å². The third-order valence-corrected chi connectivity index (χ3v) is 5.23. The maximum absolute atomic E-state index is 13.1. The van der Waals surface area contributed by atoms with Crippen LogP contribution in [-0.4, -0.2) is 68.7 Å². The average molecular weight is 475 g/mol. The quantitative estimate of drug-likeness (QED) is 0.558. The van der Waals surface area contributed by atoms with Crippen molar-refractivity contribution in [1.29, 1.82) is 0 Å². The number of halogens is 3. The molecule has 1 fully saturated rings. The van der Waals surface area contributed by atoms with E-state index in [0.29, 0.717) is 26.4 Å². The molecule has 1 unspecified atom stereocenters. The molecule has 0 aliphatic carbocycles. The highest BCUT2D eigenvalue weighted by molar-refractivity contribution is 5.85. The molecular formula is C23H33Cl2FN2O3. The number of hydrogen-bond donors (Lipinski definition) is 1. The largest absolute Gasteiger partial charge is 0.491 e. The van der Waals surface area contributed by atoms with E-state index in [4.69, 9.17) is 9.47 Å². The van der Waals surface area contributed by atoms with E-state index < -0.39 is 6.10 Å². The van der Waals surface area contributed by atoms with Gasteiger partial charge in [0.2, 0.25) is 0 Å². The van der Waals surface area contributed by atoms with Crippen LogP contribution in [0.5, 0.6) is 5.75 Å². The molecule has 174 valence electrons. The number of aliphatic hydroxyl groups excluding tert-OH is 1. The second-order valence-corrected chi connectivity index (χ2v) is 7.56. The van der Waals surface area contributed by atoms with E-state index in [2.05, 4.69) is 9.80 Å². The van der Waals surface area contributed by atoms with Gasteiger partial charge in [-0.3, -0.25) is 4.90 Å². The number of aliphatic hydroxyl groups is 1. The Morgan fingerprint density at radius 2 is 1.55 bits per heavy atom. The van der Waals surface area contributed by atoms with Crippen molar-refractivity contribution in [2.75, 3.05) is 57.4 Å². The van der Waals surface area contributed by atoms with Crippen molar-refractivity contribution in [1.82, 2.24) is 4.90 Å². The Morgan fingerprint density at radius 3 is 2.16 bits per heavy atom. The summed E-state index contributed by atoms with van der Waals surface area (Å²) in [6.45, 7) is 9.33. The van der Waals surface area contributed by atoms with Crippen molar-refractivity contribution in [2.24, 2.45) is 0 Å². The predicted octanol–water partition coefficient (Wildman–Crippen LogP) is 3.86. The van der Waals surface area contributed by atoms with Gasteiger partial charge in [-0.2, -0.15) is 0 Å². The van der Waals surface area contributed by atoms with Gasteiger partial charge in [-0.1, -0.05) is 18.2 Å². The standard InChI is InChI=1S/C23H31FN2O3.2ClH/c1-18-4-3-5-19(2)23(18)29-15-14-28-17-22(27)16-25-10-12-26(13-11-25)21-8-6-20(24)7-9-21;;/h3-9,22,27H,10-17H2,1-2H3;2*1H. The molecule has 2 aromatic rings. The minimum Gasteiger partial charge on any atom is -0.491 e. The summed E-state index contributed by atoms with van der Waals surface area (Å²) in [4.78, 5) is 4.48. The number of aryl methyl sites for hydroxylation is 2. The normalized spacial score (nSPS) is 15.0. The van der Waals surface area contributed by atoms with Gasteiger partial charge in [0, 0.05) is 38.4 Å². The van der Waals surface area contributed by atoms with Gasteiger partial charge < -0.3 is 19.5 Å². The van der Waals surface area contributed by atoms with Crippen molar-refractivity contribution in [3.8, 4) is 5.75 Å². The number of benzene rings is 2. The molecule has 1 atom stereocenters. The van der Waals surface area contributed by atoms with Crippen LogP contribution in [0.15, 0.2) is 42.5 Å². The fourth-order valence-electron chi connectivity index (χ4n) is 3.64. The summed E-state index contributed by atoms with van der Waals surface area (Å²) in [5.41, 5.74) is 3.27. The van der Waals surface area contributed by atoms with Gasteiger partial charge in [-0.15, -0.1) is 24.8 Å². The van der Waals surface area contributed by atoms with Crippen LogP contribution in [0.1, 0.15) is 11.1 Å². The van der Waals surface area contributed by atoms with Crippen molar-refractivity contribution >= 4 is 30.5 Å². The zero-order chi connectivity index (χ0) is 20.6. The van der Waals surface area contributed by atoms with E-state index in [9.17, 15) is 9.50 Å². The molecular weight excluding hydrogens is 442 g/mol. The van der Waals surface area contributed by atoms with Gasteiger partial charge in [0.15, 0.2) is 0 Å². The Morgan fingerprint density at radius 1 is 0.935 bits per heavy atom. The highest BCUT2D eigenvalue weighted by atomic mass is 35.5. The highest BCUT2D eigenvalue weighted by Gasteiger charge is 2.19. The molecule has 3 rings (SSSR count). The zero-order valence-electron chi connectivity index (χ0n) is 18.1. The van der Waals surface area contributed by atoms with E-state index in [1.165, 1.54) is 12.1 Å². The monoisotopic (exact) mass is 474 g/mol. The maximum atomic E-state index is 13.1. The van der Waals surface area contributed by atoms with E-state index >= 15 is 0 Å². The number of anilines is 1. The molecule has 0 amide bonds. The second-order valence-electron chi connectivity index (χ2n) is 7.56. The summed E-state index contributed by atoms with van der Waals surface area (Å²) in [5.74, 6) is 0.700. The maximum Gasteiger partial charge on any atom is 0.125 e. The second kappa shape index (κ2) is 13.8. The third-order valence-electron chi connectivity index (χ3n) is 5.23. The average Bonchev–Trinajstić information content (AvgIpc) is 2.71. The van der Waals surface area contributed by atoms with Crippen LogP contribution >= 0.6 is 24.8 Å². The Balaban J connectivity index is 0.00000240. The Bertz CT molecular complexity index is 752. The number of nitrogens with zero attached hydrogens (tertiary/aromatic N) is 2. The van der Waals surface area contributed by atoms with Crippen molar-refractivity contribution < 1.29 is 19.0 Å². The number of piperazine rings is 1. The van der Waals surface area contributed by atoms with Crippen LogP contribution in [0.25, 0.3) is 0 Å². The molecule has 1 N–H and O–H groups in total. The minimum absolute atomic E-state index is 0. The fraction of sp³-hybridized carbons (Fsp3) is 0.478. The molecule has 1 aliphatic rings. The molecule has 0 spiro atoms. The van der Waals surface area contributed by atoms with E-state index in [0.717, 1.165) is 48.7 Å². The van der Waals surface area contributed by atoms with Crippen molar-refractivity contribution in [3.05, 3.63) is 59.4 Å². The Kier molecular flexibility index (Phi) is 12.2. The summed E-state index contributed by atoms with van der Waals surface area (Å²) >= 11 is 0. The van der Waals surface area contributed by atoms with Gasteiger partial charge in [0.05, 0.1) is 19.3 Å². The van der Waals surface area contributed by atoms with Crippen molar-refractivity contribution in [3.63, 3.8) is 0 Å². The molecule has 0 radical (unpaired) electrons. The summed E-state index contributed by atoms with van der Waals surface area (Å²) < 4.78 is 24.5. The number of ether oxygens (including phenoxy) is 2. The van der Waals surface area contributed by atoms with Crippen LogP contribution in [0.4, 0.5) is 10.1 Å². The Hall–Kier alpha value is -1.57. The lowest BCUT2D eigenvalue weighted by Crippen LogP contribution is -2.49. The summed E-state index contributed by atoms with van der Waals surface area (Å²) in [7, 11) is 0. The first-order chi connectivity index (χ1) is 14.0. The lowest BCUT2D eigenvalue weighted by atomic mass is 10.1. The summed E-state index contributed by atoms with van der Waals surface area (Å²) in [6, 6.07) is 12.7. The molecule has 0 aromatic heterocycles. The van der Waals surface area contributed by atoms with Crippen LogP contribution in [0, 0.1) is 19.7 Å². The molecule has 1 aliphatic heterocycles. The van der Waals surface area contributed by atoms with Crippen LogP contribution in [-0.2, 0) is 4.74 Å². The molecule has 1 heterocycles. The molecule has 0 bridgehead atoms. The molecule has 1 saturated heterocycles. The number of β-amino-alcohol motifs (C(OH)–C–C–N with tert-alkyl or cyclic N) is 1. The van der Waals surface area contributed by atoms with Crippen molar-refractivity contribution in [2.45, 2.75) is 20.0 Å². The van der Waals surface area contributed by atoms with E-state index in [1.807, 2.05) is 44.2 Å². The first-order valence-electron chi connectivity index (χ1n) is 10.2.